The monoisotopic (exact) mass is 420 g/mol. The maximum atomic E-state index is 11.7. The first-order valence-corrected chi connectivity index (χ1v) is 9.72. The van der Waals surface area contributed by atoms with E-state index < -0.39 is 0 Å². The summed E-state index contributed by atoms with van der Waals surface area (Å²) in [6.45, 7) is 0. The van der Waals surface area contributed by atoms with E-state index in [1.807, 2.05) is 53.9 Å². The number of thiazole rings is 1. The van der Waals surface area contributed by atoms with E-state index in [1.54, 1.807) is 11.3 Å². The zero-order valence-electron chi connectivity index (χ0n) is 12.6. The minimum atomic E-state index is -0.0148. The van der Waals surface area contributed by atoms with Crippen LogP contribution in [0.25, 0.3) is 21.8 Å². The fourth-order valence-corrected chi connectivity index (χ4v) is 3.74. The van der Waals surface area contributed by atoms with Gasteiger partial charge in [-0.15, -0.1) is 11.3 Å². The van der Waals surface area contributed by atoms with Crippen molar-refractivity contribution in [2.75, 3.05) is 10.6 Å². The summed E-state index contributed by atoms with van der Waals surface area (Å²) in [5, 5.41) is 7.10. The Hall–Kier alpha value is -1.69. The normalized spacial score (nSPS) is 10.6. The summed E-state index contributed by atoms with van der Waals surface area (Å²) in [6.07, 6.45) is 0.442. The Balaban J connectivity index is 1.85. The lowest BCUT2D eigenvalue weighted by atomic mass is 10.1. The van der Waals surface area contributed by atoms with E-state index in [1.165, 1.54) is 0 Å². The van der Waals surface area contributed by atoms with Crippen molar-refractivity contribution in [3.8, 4) is 21.8 Å². The number of carbonyl (C=O) groups is 1. The highest BCUT2D eigenvalue weighted by Gasteiger charge is 2.10. The molecular formula is C18H14BrClN2OS. The molecule has 0 aliphatic carbocycles. The van der Waals surface area contributed by atoms with Crippen molar-refractivity contribution in [1.82, 2.24) is 4.98 Å². The van der Waals surface area contributed by atoms with Gasteiger partial charge in [-0.05, 0) is 18.2 Å². The predicted octanol–water partition coefficient (Wildman–Crippen LogP) is 5.85. The number of carbonyl (C=O) groups excluding carboxylic acids is 1. The Morgan fingerprint density at radius 3 is 2.83 bits per heavy atom. The number of rotatable bonds is 5. The number of nitrogens with one attached hydrogen (secondary N) is 1. The molecule has 24 heavy (non-hydrogen) atoms. The maximum absolute atomic E-state index is 11.7. The van der Waals surface area contributed by atoms with Gasteiger partial charge in [0.05, 0.1) is 10.7 Å². The molecule has 0 aliphatic heterocycles. The number of anilines is 1. The summed E-state index contributed by atoms with van der Waals surface area (Å²) in [6, 6.07) is 15.4. The van der Waals surface area contributed by atoms with E-state index in [2.05, 4.69) is 26.2 Å². The standard InChI is InChI=1S/C18H14BrClN2OS/c19-9-8-17(23)21-13-5-3-4-12(10-13)16-11-24-18(22-16)14-6-1-2-7-15(14)20/h1-7,10-11H,8-9H2,(H,21,23). The molecule has 0 radical (unpaired) electrons. The second-order valence-corrected chi connectivity index (χ2v) is 7.14. The molecule has 1 amide bonds. The number of amides is 1. The van der Waals surface area contributed by atoms with Crippen LogP contribution in [-0.2, 0) is 4.79 Å². The second kappa shape index (κ2) is 7.92. The topological polar surface area (TPSA) is 42.0 Å². The fraction of sp³-hybridized carbons (Fsp3) is 0.111. The van der Waals surface area contributed by atoms with Gasteiger partial charge in [0, 0.05) is 33.9 Å². The highest BCUT2D eigenvalue weighted by Crippen LogP contribution is 2.33. The molecule has 6 heteroatoms. The Morgan fingerprint density at radius 2 is 2.04 bits per heavy atom. The lowest BCUT2D eigenvalue weighted by molar-refractivity contribution is -0.115. The number of hydrogen-bond acceptors (Lipinski definition) is 3. The SMILES string of the molecule is O=C(CCBr)Nc1cccc(-c2csc(-c3ccccc3Cl)n2)c1. The van der Waals surface area contributed by atoms with Gasteiger partial charge in [-0.3, -0.25) is 4.79 Å². The number of alkyl halides is 1. The first kappa shape index (κ1) is 17.1. The Bertz CT molecular complexity index is 865. The average Bonchev–Trinajstić information content (AvgIpc) is 3.05. The van der Waals surface area contributed by atoms with Gasteiger partial charge in [-0.2, -0.15) is 0 Å². The molecule has 0 saturated heterocycles. The van der Waals surface area contributed by atoms with Crippen LogP contribution < -0.4 is 5.32 Å². The molecule has 0 spiro atoms. The molecular weight excluding hydrogens is 408 g/mol. The van der Waals surface area contributed by atoms with Crippen LogP contribution in [0.15, 0.2) is 53.9 Å². The third kappa shape index (κ3) is 4.04. The zero-order chi connectivity index (χ0) is 16.9. The maximum Gasteiger partial charge on any atom is 0.225 e. The lowest BCUT2D eigenvalue weighted by Gasteiger charge is -2.05. The Morgan fingerprint density at radius 1 is 1.21 bits per heavy atom. The van der Waals surface area contributed by atoms with E-state index >= 15 is 0 Å². The van der Waals surface area contributed by atoms with Crippen molar-refractivity contribution < 1.29 is 4.79 Å². The van der Waals surface area contributed by atoms with Crippen LogP contribution in [0, 0.1) is 0 Å². The molecule has 0 bridgehead atoms. The van der Waals surface area contributed by atoms with Gasteiger partial charge in [0.25, 0.3) is 0 Å². The van der Waals surface area contributed by atoms with Gasteiger partial charge >= 0.3 is 0 Å². The van der Waals surface area contributed by atoms with Crippen LogP contribution in [0.2, 0.25) is 5.02 Å². The highest BCUT2D eigenvalue weighted by atomic mass is 79.9. The van der Waals surface area contributed by atoms with Crippen LogP contribution in [0.3, 0.4) is 0 Å². The highest BCUT2D eigenvalue weighted by molar-refractivity contribution is 9.09. The molecule has 3 rings (SSSR count). The lowest BCUT2D eigenvalue weighted by Crippen LogP contribution is -2.11. The molecule has 3 aromatic rings. The van der Waals surface area contributed by atoms with Gasteiger partial charge in [0.15, 0.2) is 0 Å². The molecule has 122 valence electrons. The fourth-order valence-electron chi connectivity index (χ4n) is 2.23. The largest absolute Gasteiger partial charge is 0.326 e. The van der Waals surface area contributed by atoms with Crippen molar-refractivity contribution in [2.45, 2.75) is 6.42 Å². The number of hydrogen-bond donors (Lipinski definition) is 1. The Labute approximate surface area is 157 Å². The molecule has 0 atom stereocenters. The molecule has 0 fully saturated rings. The number of aromatic nitrogens is 1. The third-order valence-electron chi connectivity index (χ3n) is 3.37. The molecule has 0 aliphatic rings. The number of halogens is 2. The van der Waals surface area contributed by atoms with E-state index in [9.17, 15) is 4.79 Å². The van der Waals surface area contributed by atoms with E-state index in [0.29, 0.717) is 16.8 Å². The average molecular weight is 422 g/mol. The quantitative estimate of drug-likeness (QED) is 0.525. The van der Waals surface area contributed by atoms with Gasteiger partial charge in [-0.1, -0.05) is 57.9 Å². The minimum absolute atomic E-state index is 0.0148. The van der Waals surface area contributed by atoms with Gasteiger partial charge in [0.2, 0.25) is 5.91 Å². The summed E-state index contributed by atoms with van der Waals surface area (Å²) in [4.78, 5) is 16.4. The molecule has 0 unspecified atom stereocenters. The van der Waals surface area contributed by atoms with Crippen LogP contribution in [0.4, 0.5) is 5.69 Å². The number of nitrogens with zero attached hydrogens (tertiary/aromatic N) is 1. The smallest absolute Gasteiger partial charge is 0.225 e. The molecule has 1 aromatic heterocycles. The van der Waals surface area contributed by atoms with Crippen molar-refractivity contribution >= 4 is 50.5 Å². The van der Waals surface area contributed by atoms with Crippen molar-refractivity contribution in [3.63, 3.8) is 0 Å². The van der Waals surface area contributed by atoms with Crippen LogP contribution in [-0.4, -0.2) is 16.2 Å². The van der Waals surface area contributed by atoms with Crippen molar-refractivity contribution in [3.05, 3.63) is 58.9 Å². The molecule has 1 N–H and O–H groups in total. The van der Waals surface area contributed by atoms with Crippen LogP contribution in [0.1, 0.15) is 6.42 Å². The predicted molar refractivity (Wildman–Crippen MR) is 105 cm³/mol. The molecule has 3 nitrogen and oxygen atoms in total. The number of benzene rings is 2. The van der Waals surface area contributed by atoms with Crippen LogP contribution in [0.5, 0.6) is 0 Å². The molecule has 2 aromatic carbocycles. The van der Waals surface area contributed by atoms with Gasteiger partial charge < -0.3 is 5.32 Å². The van der Waals surface area contributed by atoms with E-state index in [0.717, 1.165) is 27.5 Å². The molecule has 1 heterocycles. The molecule has 0 saturated carbocycles. The zero-order valence-corrected chi connectivity index (χ0v) is 15.8. The van der Waals surface area contributed by atoms with Crippen molar-refractivity contribution in [1.29, 1.82) is 0 Å². The Kier molecular flexibility index (Phi) is 5.66. The second-order valence-electron chi connectivity index (χ2n) is 5.09. The van der Waals surface area contributed by atoms with Gasteiger partial charge in [0.1, 0.15) is 5.01 Å². The summed E-state index contributed by atoms with van der Waals surface area (Å²) in [7, 11) is 0. The first-order chi connectivity index (χ1) is 11.7. The summed E-state index contributed by atoms with van der Waals surface area (Å²) in [5.41, 5.74) is 3.52. The summed E-state index contributed by atoms with van der Waals surface area (Å²) >= 11 is 11.1. The van der Waals surface area contributed by atoms with Gasteiger partial charge in [-0.25, -0.2) is 4.98 Å². The summed E-state index contributed by atoms with van der Waals surface area (Å²) in [5.74, 6) is -0.0148. The third-order valence-corrected chi connectivity index (χ3v) is 4.97. The first-order valence-electron chi connectivity index (χ1n) is 7.34. The van der Waals surface area contributed by atoms with Crippen molar-refractivity contribution in [2.24, 2.45) is 0 Å². The van der Waals surface area contributed by atoms with Crippen LogP contribution >= 0.6 is 38.9 Å². The minimum Gasteiger partial charge on any atom is -0.326 e. The van der Waals surface area contributed by atoms with E-state index in [-0.39, 0.29) is 5.91 Å². The van der Waals surface area contributed by atoms with E-state index in [4.69, 9.17) is 11.6 Å². The summed E-state index contributed by atoms with van der Waals surface area (Å²) < 4.78 is 0.